The molecule has 100 valence electrons. The molecule has 1 aromatic heterocycles. The minimum Gasteiger partial charge on any atom is -0.349 e. The molecule has 3 atom stereocenters. The van der Waals surface area contributed by atoms with Crippen LogP contribution < -0.4 is 0 Å². The van der Waals surface area contributed by atoms with Crippen molar-refractivity contribution in [2.24, 2.45) is 5.92 Å². The van der Waals surface area contributed by atoms with E-state index in [-0.39, 0.29) is 0 Å². The second-order valence-corrected chi connectivity index (χ2v) is 7.14. The summed E-state index contributed by atoms with van der Waals surface area (Å²) < 4.78 is 1.18. The van der Waals surface area contributed by atoms with Crippen LogP contribution in [0.5, 0.6) is 0 Å². The average Bonchev–Trinajstić information content (AvgIpc) is 2.69. The Kier molecular flexibility index (Phi) is 2.58. The average molecular weight is 319 g/mol. The molecule has 1 saturated heterocycles. The van der Waals surface area contributed by atoms with Crippen molar-refractivity contribution in [3.05, 3.63) is 33.9 Å². The number of fused-ring (bicyclic) bond motifs is 2. The van der Waals surface area contributed by atoms with Gasteiger partial charge in [-0.15, -0.1) is 0 Å². The summed E-state index contributed by atoms with van der Waals surface area (Å²) in [4.78, 5) is 6.06. The van der Waals surface area contributed by atoms with Crippen LogP contribution in [0.25, 0.3) is 10.9 Å². The largest absolute Gasteiger partial charge is 0.349 e. The lowest BCUT2D eigenvalue weighted by Crippen LogP contribution is -2.47. The summed E-state index contributed by atoms with van der Waals surface area (Å²) in [7, 11) is 2.29. The van der Waals surface area contributed by atoms with E-state index in [1.165, 1.54) is 40.5 Å². The molecule has 19 heavy (non-hydrogen) atoms. The summed E-state index contributed by atoms with van der Waals surface area (Å²) in [5, 5.41) is 1.48. The zero-order chi connectivity index (χ0) is 13.1. The van der Waals surface area contributed by atoms with Gasteiger partial charge in [-0.25, -0.2) is 0 Å². The molecule has 0 radical (unpaired) electrons. The highest BCUT2D eigenvalue weighted by molar-refractivity contribution is 9.10. The molecule has 2 nitrogen and oxygen atoms in total. The van der Waals surface area contributed by atoms with Crippen LogP contribution in [-0.2, 0) is 6.42 Å². The highest BCUT2D eigenvalue weighted by atomic mass is 79.9. The molecule has 0 amide bonds. The number of likely N-dealkylation sites (N-methyl/N-ethyl adjacent to an activating group) is 1. The number of aromatic nitrogens is 1. The second-order valence-electron chi connectivity index (χ2n) is 6.35. The van der Waals surface area contributed by atoms with Crippen molar-refractivity contribution in [3.8, 4) is 0 Å². The third-order valence-corrected chi connectivity index (χ3v) is 5.68. The van der Waals surface area contributed by atoms with Gasteiger partial charge in [0.2, 0.25) is 0 Å². The van der Waals surface area contributed by atoms with E-state index in [4.69, 9.17) is 0 Å². The normalized spacial score (nSPS) is 30.6. The molecule has 3 heteroatoms. The zero-order valence-corrected chi connectivity index (χ0v) is 13.0. The van der Waals surface area contributed by atoms with Gasteiger partial charge in [0, 0.05) is 29.4 Å². The van der Waals surface area contributed by atoms with Crippen LogP contribution in [0.15, 0.2) is 22.8 Å². The number of nitrogens with zero attached hydrogens (tertiary/aromatic N) is 1. The molecule has 1 aliphatic heterocycles. The van der Waals surface area contributed by atoms with Gasteiger partial charge < -0.3 is 9.88 Å². The number of nitrogens with one attached hydrogen (secondary N) is 1. The smallest absolute Gasteiger partial charge is 0.0864 e. The van der Waals surface area contributed by atoms with Crippen LogP contribution >= 0.6 is 15.9 Å². The molecule has 1 aromatic carbocycles. The van der Waals surface area contributed by atoms with E-state index in [2.05, 4.69) is 58.0 Å². The van der Waals surface area contributed by atoms with Crippen LogP contribution in [0.4, 0.5) is 0 Å². The summed E-state index contributed by atoms with van der Waals surface area (Å²) in [5.74, 6) is 1.50. The SMILES string of the molecule is C[C@@H]1C[C@@H]2c3cccc4[nH]c(Br)c(c34)C[C@H]2N(C)C1. The van der Waals surface area contributed by atoms with Gasteiger partial charge in [-0.1, -0.05) is 19.1 Å². The van der Waals surface area contributed by atoms with E-state index in [0.717, 1.165) is 5.92 Å². The number of aromatic amines is 1. The van der Waals surface area contributed by atoms with E-state index in [1.807, 2.05) is 0 Å². The molecule has 1 aliphatic carbocycles. The van der Waals surface area contributed by atoms with Gasteiger partial charge in [0.25, 0.3) is 0 Å². The van der Waals surface area contributed by atoms with E-state index < -0.39 is 0 Å². The van der Waals surface area contributed by atoms with E-state index in [9.17, 15) is 0 Å². The maximum Gasteiger partial charge on any atom is 0.0864 e. The van der Waals surface area contributed by atoms with E-state index in [0.29, 0.717) is 12.0 Å². The summed E-state index contributed by atoms with van der Waals surface area (Å²) in [6.07, 6.45) is 2.50. The highest BCUT2D eigenvalue weighted by Crippen LogP contribution is 2.46. The van der Waals surface area contributed by atoms with Crippen LogP contribution in [0.2, 0.25) is 0 Å². The predicted molar refractivity (Wildman–Crippen MR) is 82.6 cm³/mol. The third-order valence-electron chi connectivity index (χ3n) is 5.01. The monoisotopic (exact) mass is 318 g/mol. The minimum atomic E-state index is 0.668. The van der Waals surface area contributed by atoms with Crippen LogP contribution in [0.1, 0.15) is 30.4 Å². The topological polar surface area (TPSA) is 19.0 Å². The van der Waals surface area contributed by atoms with E-state index >= 15 is 0 Å². The number of hydrogen-bond donors (Lipinski definition) is 1. The van der Waals surface area contributed by atoms with Crippen molar-refractivity contribution in [2.75, 3.05) is 13.6 Å². The molecular weight excluding hydrogens is 300 g/mol. The standard InChI is InChI=1S/C16H19BrN2/c1-9-6-11-10-4-3-5-13-15(10)12(16(17)18-13)7-14(11)19(2)8-9/h3-5,9,11,14,18H,6-8H2,1-2H3/t9-,11-,14-/m1/s1. The summed E-state index contributed by atoms with van der Waals surface area (Å²) in [6, 6.07) is 7.41. The number of rotatable bonds is 0. The number of piperidine rings is 1. The lowest BCUT2D eigenvalue weighted by Gasteiger charge is -2.44. The van der Waals surface area contributed by atoms with Gasteiger partial charge in [-0.3, -0.25) is 0 Å². The van der Waals surface area contributed by atoms with Crippen molar-refractivity contribution in [2.45, 2.75) is 31.7 Å². The molecule has 2 aliphatic rings. The van der Waals surface area contributed by atoms with Gasteiger partial charge in [-0.2, -0.15) is 0 Å². The molecule has 0 unspecified atom stereocenters. The highest BCUT2D eigenvalue weighted by Gasteiger charge is 2.38. The maximum absolute atomic E-state index is 3.71. The Morgan fingerprint density at radius 3 is 3.05 bits per heavy atom. The number of halogens is 1. The quantitative estimate of drug-likeness (QED) is 0.780. The molecule has 0 bridgehead atoms. The van der Waals surface area contributed by atoms with Crippen molar-refractivity contribution in [1.82, 2.24) is 9.88 Å². The molecule has 1 N–H and O–H groups in total. The van der Waals surface area contributed by atoms with Gasteiger partial charge in [0.05, 0.1) is 4.60 Å². The van der Waals surface area contributed by atoms with Crippen LogP contribution in [0, 0.1) is 5.92 Å². The lowest BCUT2D eigenvalue weighted by atomic mass is 9.73. The first kappa shape index (κ1) is 12.0. The van der Waals surface area contributed by atoms with Gasteiger partial charge in [-0.05, 0) is 58.9 Å². The Balaban J connectivity index is 1.95. The molecular formula is C16H19BrN2. The minimum absolute atomic E-state index is 0.668. The van der Waals surface area contributed by atoms with Crippen molar-refractivity contribution in [3.63, 3.8) is 0 Å². The number of likely N-dealkylation sites (tertiary alicyclic amines) is 1. The molecule has 0 saturated carbocycles. The second kappa shape index (κ2) is 4.10. The third kappa shape index (κ3) is 1.64. The van der Waals surface area contributed by atoms with Crippen molar-refractivity contribution < 1.29 is 0 Å². The molecule has 2 aromatic rings. The predicted octanol–water partition coefficient (Wildman–Crippen LogP) is 3.91. The van der Waals surface area contributed by atoms with Gasteiger partial charge in [0.15, 0.2) is 0 Å². The molecule has 0 spiro atoms. The Morgan fingerprint density at radius 2 is 2.21 bits per heavy atom. The maximum atomic E-state index is 3.71. The number of hydrogen-bond acceptors (Lipinski definition) is 1. The first-order chi connectivity index (χ1) is 9.15. The number of H-pyrrole nitrogens is 1. The molecule has 1 fully saturated rings. The van der Waals surface area contributed by atoms with E-state index in [1.54, 1.807) is 5.56 Å². The summed E-state index contributed by atoms with van der Waals surface area (Å²) in [5.41, 5.74) is 4.33. The lowest BCUT2D eigenvalue weighted by molar-refractivity contribution is 0.119. The number of benzene rings is 1. The molecule has 4 rings (SSSR count). The Labute approximate surface area is 122 Å². The Bertz CT molecular complexity index is 645. The first-order valence-corrected chi connectivity index (χ1v) is 7.93. The zero-order valence-electron chi connectivity index (χ0n) is 11.4. The molecule has 2 heterocycles. The van der Waals surface area contributed by atoms with Crippen molar-refractivity contribution in [1.29, 1.82) is 0 Å². The Morgan fingerprint density at radius 1 is 1.37 bits per heavy atom. The van der Waals surface area contributed by atoms with Gasteiger partial charge in [0.1, 0.15) is 0 Å². The Hall–Kier alpha value is -0.800. The van der Waals surface area contributed by atoms with Gasteiger partial charge >= 0.3 is 0 Å². The summed E-state index contributed by atoms with van der Waals surface area (Å²) in [6.45, 7) is 3.62. The fraction of sp³-hybridized carbons (Fsp3) is 0.500. The first-order valence-electron chi connectivity index (χ1n) is 7.14. The summed E-state index contributed by atoms with van der Waals surface area (Å²) >= 11 is 3.71. The van der Waals surface area contributed by atoms with Crippen LogP contribution in [-0.4, -0.2) is 29.5 Å². The fourth-order valence-electron chi connectivity index (χ4n) is 4.26. The van der Waals surface area contributed by atoms with Crippen molar-refractivity contribution >= 4 is 26.8 Å². The fourth-order valence-corrected chi connectivity index (χ4v) is 4.83. The van der Waals surface area contributed by atoms with Crippen LogP contribution in [0.3, 0.4) is 0 Å².